The van der Waals surface area contributed by atoms with Gasteiger partial charge in [0.1, 0.15) is 11.5 Å². The van der Waals surface area contributed by atoms with Gasteiger partial charge in [-0.25, -0.2) is 5.01 Å². The second kappa shape index (κ2) is 8.92. The van der Waals surface area contributed by atoms with Crippen LogP contribution in [0.2, 0.25) is 0 Å². The molecule has 1 fully saturated rings. The predicted molar refractivity (Wildman–Crippen MR) is 110 cm³/mol. The highest BCUT2D eigenvalue weighted by molar-refractivity contribution is 7.10. The summed E-state index contributed by atoms with van der Waals surface area (Å²) in [6.45, 7) is 3.95. The van der Waals surface area contributed by atoms with Crippen molar-refractivity contribution in [1.82, 2.24) is 9.91 Å². The molecule has 1 amide bonds. The Hall–Kier alpha value is -2.45. The maximum Gasteiger partial charge on any atom is 0.309 e. The predicted octanol–water partition coefficient (Wildman–Crippen LogP) is 3.29. The lowest BCUT2D eigenvalue weighted by molar-refractivity contribution is -0.149. The highest BCUT2D eigenvalue weighted by Gasteiger charge is 2.36. The van der Waals surface area contributed by atoms with Gasteiger partial charge in [0, 0.05) is 11.3 Å². The zero-order chi connectivity index (χ0) is 20.2. The highest BCUT2D eigenvalue weighted by Crippen LogP contribution is 2.35. The molecule has 7 nitrogen and oxygen atoms in total. The molecule has 2 aliphatic rings. The molecule has 0 radical (unpaired) electrons. The van der Waals surface area contributed by atoms with Gasteiger partial charge in [-0.05, 0) is 56.4 Å². The van der Waals surface area contributed by atoms with Crippen LogP contribution in [0.5, 0.6) is 0 Å². The molecule has 1 atom stereocenters. The first-order valence-electron chi connectivity index (χ1n) is 10.0. The maximum atomic E-state index is 13.1. The Labute approximate surface area is 173 Å². The number of thiophene rings is 1. The Bertz CT molecular complexity index is 855. The van der Waals surface area contributed by atoms with Crippen LogP contribution in [0.15, 0.2) is 45.4 Å². The lowest BCUT2D eigenvalue weighted by atomic mass is 9.97. The molecule has 2 aromatic rings. The Morgan fingerprint density at radius 1 is 1.28 bits per heavy atom. The van der Waals surface area contributed by atoms with E-state index in [4.69, 9.17) is 9.15 Å². The maximum absolute atomic E-state index is 13.1. The number of nitrogens with zero attached hydrogens (tertiary/aromatic N) is 3. The third kappa shape index (κ3) is 4.43. The van der Waals surface area contributed by atoms with E-state index in [-0.39, 0.29) is 23.8 Å². The molecule has 4 rings (SSSR count). The van der Waals surface area contributed by atoms with E-state index in [1.165, 1.54) is 0 Å². The van der Waals surface area contributed by atoms with Crippen LogP contribution in [0, 0.1) is 5.92 Å². The SMILES string of the molecule is CCOC(=O)C1CCN(CC(=O)N2N=C(c3ccco3)CC2c2cccs2)CC1. The number of carbonyl (C=O) groups excluding carboxylic acids is 2. The lowest BCUT2D eigenvalue weighted by Crippen LogP contribution is -2.43. The van der Waals surface area contributed by atoms with Crippen molar-refractivity contribution in [2.45, 2.75) is 32.2 Å². The summed E-state index contributed by atoms with van der Waals surface area (Å²) < 4.78 is 10.6. The Balaban J connectivity index is 1.41. The van der Waals surface area contributed by atoms with Crippen LogP contribution < -0.4 is 0 Å². The minimum Gasteiger partial charge on any atom is -0.466 e. The fourth-order valence-electron chi connectivity index (χ4n) is 3.89. The summed E-state index contributed by atoms with van der Waals surface area (Å²) in [5.74, 6) is 0.496. The number of hydrogen-bond donors (Lipinski definition) is 0. The van der Waals surface area contributed by atoms with Gasteiger partial charge in [0.25, 0.3) is 5.91 Å². The number of rotatable bonds is 6. The normalized spacial score (nSPS) is 20.7. The van der Waals surface area contributed by atoms with Crippen LogP contribution in [0.4, 0.5) is 0 Å². The minimum atomic E-state index is -0.122. The third-order valence-corrected chi connectivity index (χ3v) is 6.38. The number of piperidine rings is 1. The van der Waals surface area contributed by atoms with Gasteiger partial charge in [0.05, 0.1) is 31.4 Å². The largest absolute Gasteiger partial charge is 0.466 e. The Morgan fingerprint density at radius 3 is 2.76 bits per heavy atom. The second-order valence-electron chi connectivity index (χ2n) is 7.30. The van der Waals surface area contributed by atoms with E-state index in [0.29, 0.717) is 38.4 Å². The third-order valence-electron chi connectivity index (χ3n) is 5.41. The van der Waals surface area contributed by atoms with Crippen molar-refractivity contribution in [3.05, 3.63) is 46.5 Å². The highest BCUT2D eigenvalue weighted by atomic mass is 32.1. The Morgan fingerprint density at radius 2 is 2.10 bits per heavy atom. The first-order chi connectivity index (χ1) is 14.2. The van der Waals surface area contributed by atoms with Crippen LogP contribution in [0.1, 0.15) is 42.9 Å². The molecule has 2 aliphatic heterocycles. The number of furan rings is 1. The van der Waals surface area contributed by atoms with Crippen molar-refractivity contribution in [3.8, 4) is 0 Å². The molecule has 8 heteroatoms. The van der Waals surface area contributed by atoms with Crippen molar-refractivity contribution < 1.29 is 18.7 Å². The average molecular weight is 416 g/mol. The quantitative estimate of drug-likeness (QED) is 0.677. The van der Waals surface area contributed by atoms with Crippen LogP contribution in [0.3, 0.4) is 0 Å². The lowest BCUT2D eigenvalue weighted by Gasteiger charge is -2.31. The van der Waals surface area contributed by atoms with Crippen molar-refractivity contribution in [2.75, 3.05) is 26.2 Å². The zero-order valence-corrected chi connectivity index (χ0v) is 17.3. The summed E-state index contributed by atoms with van der Waals surface area (Å²) in [7, 11) is 0. The fourth-order valence-corrected chi connectivity index (χ4v) is 4.70. The van der Waals surface area contributed by atoms with E-state index in [2.05, 4.69) is 10.0 Å². The van der Waals surface area contributed by atoms with Gasteiger partial charge in [-0.2, -0.15) is 5.10 Å². The molecule has 1 unspecified atom stereocenters. The van der Waals surface area contributed by atoms with E-state index in [0.717, 1.165) is 23.4 Å². The van der Waals surface area contributed by atoms with Crippen molar-refractivity contribution in [1.29, 1.82) is 0 Å². The summed E-state index contributed by atoms with van der Waals surface area (Å²) in [4.78, 5) is 28.2. The molecule has 2 aromatic heterocycles. The topological polar surface area (TPSA) is 75.3 Å². The molecule has 154 valence electrons. The number of hydrazone groups is 1. The number of hydrogen-bond acceptors (Lipinski definition) is 7. The number of ether oxygens (including phenoxy) is 1. The summed E-state index contributed by atoms with van der Waals surface area (Å²) in [6, 6.07) is 7.64. The van der Waals surface area contributed by atoms with Gasteiger partial charge in [-0.3, -0.25) is 14.5 Å². The average Bonchev–Trinajstić information content (AvgIpc) is 3.49. The molecule has 1 saturated heterocycles. The van der Waals surface area contributed by atoms with E-state index in [9.17, 15) is 9.59 Å². The van der Waals surface area contributed by atoms with E-state index in [1.54, 1.807) is 22.6 Å². The van der Waals surface area contributed by atoms with Gasteiger partial charge < -0.3 is 9.15 Å². The standard InChI is InChI=1S/C21H25N3O4S/c1-2-27-21(26)15-7-9-23(10-8-15)14-20(25)24-17(19-6-4-12-29-19)13-16(22-24)18-5-3-11-28-18/h3-6,11-12,15,17H,2,7-10,13-14H2,1H3. The number of esters is 1. The number of amides is 1. The molecule has 0 N–H and O–H groups in total. The van der Waals surface area contributed by atoms with Crippen LogP contribution >= 0.6 is 11.3 Å². The van der Waals surface area contributed by atoms with Crippen LogP contribution in [-0.4, -0.2) is 53.7 Å². The summed E-state index contributed by atoms with van der Waals surface area (Å²) in [6.07, 6.45) is 3.71. The van der Waals surface area contributed by atoms with Crippen LogP contribution in [0.25, 0.3) is 0 Å². The summed E-state index contributed by atoms with van der Waals surface area (Å²) in [5.41, 5.74) is 0.794. The van der Waals surface area contributed by atoms with Gasteiger partial charge >= 0.3 is 5.97 Å². The van der Waals surface area contributed by atoms with Gasteiger partial charge in [-0.15, -0.1) is 11.3 Å². The molecular weight excluding hydrogens is 390 g/mol. The van der Waals surface area contributed by atoms with E-state index in [1.807, 2.05) is 36.6 Å². The molecule has 0 saturated carbocycles. The minimum absolute atomic E-state index is 0.0282. The van der Waals surface area contributed by atoms with Gasteiger partial charge in [-0.1, -0.05) is 6.07 Å². The van der Waals surface area contributed by atoms with Gasteiger partial charge in [0.2, 0.25) is 0 Å². The molecule has 0 aromatic carbocycles. The second-order valence-corrected chi connectivity index (χ2v) is 8.28. The fraction of sp³-hybridized carbons (Fsp3) is 0.476. The van der Waals surface area contributed by atoms with Crippen LogP contribution in [-0.2, 0) is 14.3 Å². The molecule has 0 spiro atoms. The number of carbonyl (C=O) groups is 2. The van der Waals surface area contributed by atoms with Crippen molar-refractivity contribution >= 4 is 28.9 Å². The monoisotopic (exact) mass is 415 g/mol. The summed E-state index contributed by atoms with van der Waals surface area (Å²) >= 11 is 1.63. The van der Waals surface area contributed by atoms with Gasteiger partial charge in [0.15, 0.2) is 0 Å². The summed E-state index contributed by atoms with van der Waals surface area (Å²) in [5, 5.41) is 8.24. The van der Waals surface area contributed by atoms with E-state index >= 15 is 0 Å². The Kier molecular flexibility index (Phi) is 6.10. The molecule has 0 aliphatic carbocycles. The van der Waals surface area contributed by atoms with E-state index < -0.39 is 0 Å². The smallest absolute Gasteiger partial charge is 0.309 e. The molecule has 4 heterocycles. The van der Waals surface area contributed by atoms with Crippen molar-refractivity contribution in [2.24, 2.45) is 11.0 Å². The first kappa shape index (κ1) is 19.8. The van der Waals surface area contributed by atoms with Crippen molar-refractivity contribution in [3.63, 3.8) is 0 Å². The molecule has 29 heavy (non-hydrogen) atoms. The zero-order valence-electron chi connectivity index (χ0n) is 16.5. The molecule has 0 bridgehead atoms. The molecular formula is C21H25N3O4S. The number of likely N-dealkylation sites (tertiary alicyclic amines) is 1. The first-order valence-corrected chi connectivity index (χ1v) is 10.9.